The fraction of sp³-hybridized carbons (Fsp3) is 0.286. The van der Waals surface area contributed by atoms with Crippen molar-refractivity contribution in [1.82, 2.24) is 9.97 Å². The van der Waals surface area contributed by atoms with E-state index < -0.39 is 11.7 Å². The minimum atomic E-state index is -4.35. The Balaban J connectivity index is 2.28. The molecule has 0 spiro atoms. The number of nitrogens with zero attached hydrogens (tertiary/aromatic N) is 1. The van der Waals surface area contributed by atoms with E-state index in [-0.39, 0.29) is 6.42 Å². The Morgan fingerprint density at radius 1 is 1.29 bits per heavy atom. The summed E-state index contributed by atoms with van der Waals surface area (Å²) in [5.41, 5.74) is 0.573. The summed E-state index contributed by atoms with van der Waals surface area (Å²) < 4.78 is 43.4. The van der Waals surface area contributed by atoms with Crippen LogP contribution >= 0.6 is 12.2 Å². The summed E-state index contributed by atoms with van der Waals surface area (Å²) in [6.45, 7) is 0.335. The van der Waals surface area contributed by atoms with Crippen LogP contribution in [0.3, 0.4) is 0 Å². The van der Waals surface area contributed by atoms with E-state index in [1.165, 1.54) is 6.07 Å². The van der Waals surface area contributed by atoms with Crippen molar-refractivity contribution >= 4 is 12.2 Å². The standard InChI is InChI=1S/C14H13F3N2OS/c1-20-8-11-7-13(21)19-12(18-11)6-9-3-2-4-10(5-9)14(15,16)17/h2-5,7H,6,8H2,1H3,(H,18,19,21). The van der Waals surface area contributed by atoms with Gasteiger partial charge in [-0.15, -0.1) is 0 Å². The minimum Gasteiger partial charge on any atom is -0.378 e. The molecule has 21 heavy (non-hydrogen) atoms. The van der Waals surface area contributed by atoms with Crippen LogP contribution in [0.15, 0.2) is 30.3 Å². The van der Waals surface area contributed by atoms with E-state index >= 15 is 0 Å². The first-order valence-electron chi connectivity index (χ1n) is 6.12. The summed E-state index contributed by atoms with van der Waals surface area (Å²) in [4.78, 5) is 7.13. The average molecular weight is 314 g/mol. The molecule has 2 aromatic rings. The summed E-state index contributed by atoms with van der Waals surface area (Å²) >= 11 is 5.04. The molecule has 0 saturated heterocycles. The number of aromatic nitrogens is 2. The molecule has 0 bridgehead atoms. The summed E-state index contributed by atoms with van der Waals surface area (Å²) in [6, 6.07) is 6.82. The molecule has 2 rings (SSSR count). The van der Waals surface area contributed by atoms with Gasteiger partial charge < -0.3 is 9.72 Å². The van der Waals surface area contributed by atoms with Crippen molar-refractivity contribution in [3.05, 3.63) is 57.6 Å². The van der Waals surface area contributed by atoms with Gasteiger partial charge in [0.1, 0.15) is 10.5 Å². The topological polar surface area (TPSA) is 37.9 Å². The lowest BCUT2D eigenvalue weighted by molar-refractivity contribution is -0.137. The number of hydrogen-bond donors (Lipinski definition) is 1. The first kappa shape index (κ1) is 15.7. The molecule has 0 saturated carbocycles. The van der Waals surface area contributed by atoms with E-state index in [4.69, 9.17) is 17.0 Å². The first-order chi connectivity index (χ1) is 9.88. The van der Waals surface area contributed by atoms with Crippen LogP contribution in [0.25, 0.3) is 0 Å². The number of alkyl halides is 3. The van der Waals surface area contributed by atoms with Crippen molar-refractivity contribution in [3.63, 3.8) is 0 Å². The quantitative estimate of drug-likeness (QED) is 0.870. The van der Waals surface area contributed by atoms with E-state index in [1.54, 1.807) is 19.2 Å². The molecule has 1 heterocycles. The van der Waals surface area contributed by atoms with E-state index in [2.05, 4.69) is 9.97 Å². The molecule has 0 aliphatic rings. The van der Waals surface area contributed by atoms with E-state index in [1.807, 2.05) is 0 Å². The van der Waals surface area contributed by atoms with Crippen LogP contribution in [0.1, 0.15) is 22.6 Å². The van der Waals surface area contributed by atoms with Crippen LogP contribution in [0.4, 0.5) is 13.2 Å². The second-order valence-electron chi connectivity index (χ2n) is 4.50. The number of ether oxygens (including phenoxy) is 1. The number of H-pyrrole nitrogens is 1. The normalized spacial score (nSPS) is 11.6. The summed E-state index contributed by atoms with van der Waals surface area (Å²) in [5.74, 6) is 0.508. The van der Waals surface area contributed by atoms with Gasteiger partial charge in [0.05, 0.1) is 12.2 Å². The first-order valence-corrected chi connectivity index (χ1v) is 6.53. The molecular formula is C14H13F3N2OS. The molecule has 0 aliphatic heterocycles. The Labute approximate surface area is 124 Å². The van der Waals surface area contributed by atoms with Gasteiger partial charge in [-0.05, 0) is 17.7 Å². The molecule has 0 unspecified atom stereocenters. The molecule has 0 aliphatic carbocycles. The third-order valence-electron chi connectivity index (χ3n) is 2.77. The van der Waals surface area contributed by atoms with Gasteiger partial charge in [0.15, 0.2) is 0 Å². The van der Waals surface area contributed by atoms with Gasteiger partial charge in [0.2, 0.25) is 0 Å². The second-order valence-corrected chi connectivity index (χ2v) is 4.92. The van der Waals surface area contributed by atoms with Crippen LogP contribution < -0.4 is 0 Å². The Morgan fingerprint density at radius 2 is 2.05 bits per heavy atom. The highest BCUT2D eigenvalue weighted by molar-refractivity contribution is 7.71. The molecular weight excluding hydrogens is 301 g/mol. The van der Waals surface area contributed by atoms with Crippen molar-refractivity contribution in [2.75, 3.05) is 7.11 Å². The maximum atomic E-state index is 12.7. The largest absolute Gasteiger partial charge is 0.416 e. The number of rotatable bonds is 4. The number of nitrogens with one attached hydrogen (secondary N) is 1. The van der Waals surface area contributed by atoms with Crippen molar-refractivity contribution in [1.29, 1.82) is 0 Å². The fourth-order valence-electron chi connectivity index (χ4n) is 1.93. The van der Waals surface area contributed by atoms with Gasteiger partial charge >= 0.3 is 6.18 Å². The maximum absolute atomic E-state index is 12.7. The van der Waals surface area contributed by atoms with Crippen molar-refractivity contribution in [2.45, 2.75) is 19.2 Å². The Morgan fingerprint density at radius 3 is 2.71 bits per heavy atom. The third-order valence-corrected chi connectivity index (χ3v) is 2.98. The van der Waals surface area contributed by atoms with Crippen molar-refractivity contribution in [3.8, 4) is 0 Å². The molecule has 112 valence electrons. The molecule has 3 nitrogen and oxygen atoms in total. The minimum absolute atomic E-state index is 0.241. The van der Waals surface area contributed by atoms with Gasteiger partial charge in [-0.2, -0.15) is 13.2 Å². The zero-order chi connectivity index (χ0) is 15.5. The van der Waals surface area contributed by atoms with Gasteiger partial charge in [-0.1, -0.05) is 30.4 Å². The SMILES string of the molecule is COCc1cc(=S)nc(Cc2cccc(C(F)(F)F)c2)[nH]1. The number of halogens is 3. The zero-order valence-electron chi connectivity index (χ0n) is 11.2. The van der Waals surface area contributed by atoms with Gasteiger partial charge in [0, 0.05) is 19.2 Å². The number of aromatic amines is 1. The predicted molar refractivity (Wildman–Crippen MR) is 74.4 cm³/mol. The molecule has 0 radical (unpaired) electrons. The van der Waals surface area contributed by atoms with E-state index in [9.17, 15) is 13.2 Å². The summed E-state index contributed by atoms with van der Waals surface area (Å²) in [7, 11) is 1.55. The summed E-state index contributed by atoms with van der Waals surface area (Å²) in [6.07, 6.45) is -4.11. The van der Waals surface area contributed by atoms with Crippen LogP contribution in [0, 0.1) is 4.64 Å². The van der Waals surface area contributed by atoms with Gasteiger partial charge in [-0.3, -0.25) is 0 Å². The molecule has 1 aromatic heterocycles. The molecule has 0 fully saturated rings. The fourth-order valence-corrected chi connectivity index (χ4v) is 2.18. The molecule has 7 heteroatoms. The lowest BCUT2D eigenvalue weighted by Crippen LogP contribution is -2.06. The Kier molecular flexibility index (Phi) is 4.74. The number of methoxy groups -OCH3 is 1. The highest BCUT2D eigenvalue weighted by Crippen LogP contribution is 2.29. The van der Waals surface area contributed by atoms with Gasteiger partial charge in [0.25, 0.3) is 0 Å². The van der Waals surface area contributed by atoms with Crippen LogP contribution in [0.5, 0.6) is 0 Å². The molecule has 1 N–H and O–H groups in total. The van der Waals surface area contributed by atoms with Crippen molar-refractivity contribution < 1.29 is 17.9 Å². The highest BCUT2D eigenvalue weighted by Gasteiger charge is 2.30. The molecule has 0 amide bonds. The second kappa shape index (κ2) is 6.36. The lowest BCUT2D eigenvalue weighted by Gasteiger charge is -2.09. The molecule has 0 atom stereocenters. The van der Waals surface area contributed by atoms with E-state index in [0.717, 1.165) is 17.8 Å². The van der Waals surface area contributed by atoms with Crippen LogP contribution in [-0.4, -0.2) is 17.1 Å². The maximum Gasteiger partial charge on any atom is 0.416 e. The van der Waals surface area contributed by atoms with Crippen LogP contribution in [-0.2, 0) is 23.9 Å². The van der Waals surface area contributed by atoms with Crippen LogP contribution in [0.2, 0.25) is 0 Å². The predicted octanol–water partition coefficient (Wildman–Crippen LogP) is 3.90. The smallest absolute Gasteiger partial charge is 0.378 e. The highest BCUT2D eigenvalue weighted by atomic mass is 32.1. The zero-order valence-corrected chi connectivity index (χ0v) is 12.0. The molecule has 1 aromatic carbocycles. The lowest BCUT2D eigenvalue weighted by atomic mass is 10.1. The third kappa shape index (κ3) is 4.37. The van der Waals surface area contributed by atoms with E-state index in [0.29, 0.717) is 22.6 Å². The Bertz CT molecular complexity index is 682. The average Bonchev–Trinajstić information content (AvgIpc) is 2.37. The van der Waals surface area contributed by atoms with Crippen molar-refractivity contribution in [2.24, 2.45) is 0 Å². The number of benzene rings is 1. The summed E-state index contributed by atoms with van der Waals surface area (Å²) in [5, 5.41) is 0. The monoisotopic (exact) mass is 314 g/mol. The van der Waals surface area contributed by atoms with Gasteiger partial charge in [-0.25, -0.2) is 4.98 Å². The number of hydrogen-bond acceptors (Lipinski definition) is 3. The Hall–Kier alpha value is -1.73.